The zero-order valence-corrected chi connectivity index (χ0v) is 14.9. The van der Waals surface area contributed by atoms with Crippen LogP contribution in [0.15, 0.2) is 36.7 Å². The van der Waals surface area contributed by atoms with Gasteiger partial charge in [0.05, 0.1) is 12.2 Å². The normalized spacial score (nSPS) is 18.7. The van der Waals surface area contributed by atoms with Crippen LogP contribution < -0.4 is 5.73 Å². The van der Waals surface area contributed by atoms with Gasteiger partial charge in [-0.25, -0.2) is 0 Å². The third-order valence-electron chi connectivity index (χ3n) is 4.86. The van der Waals surface area contributed by atoms with Crippen molar-refractivity contribution in [2.45, 2.75) is 32.7 Å². The molecule has 0 spiro atoms. The van der Waals surface area contributed by atoms with Gasteiger partial charge in [-0.15, -0.1) is 0 Å². The van der Waals surface area contributed by atoms with Crippen molar-refractivity contribution in [2.24, 2.45) is 18.2 Å². The summed E-state index contributed by atoms with van der Waals surface area (Å²) in [6.45, 7) is 5.11. The maximum atomic E-state index is 12.7. The SMILES string of the molecule is Cn1cc([C@H]2N(C(=O)CCc3ccc(C(N)=O)cc3)CC2(C)C)cn1. The summed E-state index contributed by atoms with van der Waals surface area (Å²) in [7, 11) is 1.89. The van der Waals surface area contributed by atoms with Gasteiger partial charge >= 0.3 is 0 Å². The molecule has 25 heavy (non-hydrogen) atoms. The minimum Gasteiger partial charge on any atom is -0.366 e. The molecule has 6 heteroatoms. The average molecular weight is 340 g/mol. The Morgan fingerprint density at radius 2 is 1.96 bits per heavy atom. The van der Waals surface area contributed by atoms with Gasteiger partial charge in [-0.3, -0.25) is 14.3 Å². The van der Waals surface area contributed by atoms with Crippen LogP contribution in [0.25, 0.3) is 0 Å². The Labute approximate surface area is 147 Å². The molecular formula is C19H24N4O2. The van der Waals surface area contributed by atoms with Gasteiger partial charge in [0.2, 0.25) is 11.8 Å². The Hall–Kier alpha value is -2.63. The van der Waals surface area contributed by atoms with E-state index in [0.29, 0.717) is 18.4 Å². The van der Waals surface area contributed by atoms with Gasteiger partial charge in [0, 0.05) is 42.8 Å². The maximum Gasteiger partial charge on any atom is 0.248 e. The minimum atomic E-state index is -0.440. The van der Waals surface area contributed by atoms with Crippen LogP contribution in [0, 0.1) is 5.41 Å². The zero-order chi connectivity index (χ0) is 18.2. The molecule has 0 radical (unpaired) electrons. The second-order valence-electron chi connectivity index (χ2n) is 7.42. The van der Waals surface area contributed by atoms with Gasteiger partial charge < -0.3 is 10.6 Å². The van der Waals surface area contributed by atoms with Gasteiger partial charge in [0.25, 0.3) is 0 Å². The van der Waals surface area contributed by atoms with Crippen LogP contribution in [0.2, 0.25) is 0 Å². The maximum absolute atomic E-state index is 12.7. The molecule has 0 bridgehead atoms. The van der Waals surface area contributed by atoms with Gasteiger partial charge in [-0.1, -0.05) is 26.0 Å². The van der Waals surface area contributed by atoms with Crippen molar-refractivity contribution in [2.75, 3.05) is 6.54 Å². The quantitative estimate of drug-likeness (QED) is 0.904. The number of primary amides is 1. The molecule has 2 aromatic rings. The number of hydrogen-bond acceptors (Lipinski definition) is 3. The Balaban J connectivity index is 1.64. The molecule has 1 aromatic heterocycles. The molecule has 1 atom stereocenters. The highest BCUT2D eigenvalue weighted by atomic mass is 16.2. The van der Waals surface area contributed by atoms with Crippen LogP contribution in [0.1, 0.15) is 47.8 Å². The third kappa shape index (κ3) is 3.43. The molecule has 2 amide bonds. The van der Waals surface area contributed by atoms with E-state index in [1.165, 1.54) is 0 Å². The van der Waals surface area contributed by atoms with Crippen molar-refractivity contribution in [3.8, 4) is 0 Å². The molecular weight excluding hydrogens is 316 g/mol. The molecule has 132 valence electrons. The molecule has 0 unspecified atom stereocenters. The molecule has 6 nitrogen and oxygen atoms in total. The Morgan fingerprint density at radius 1 is 1.28 bits per heavy atom. The van der Waals surface area contributed by atoms with Crippen molar-refractivity contribution < 1.29 is 9.59 Å². The lowest BCUT2D eigenvalue weighted by atomic mass is 9.72. The van der Waals surface area contributed by atoms with Crippen LogP contribution >= 0.6 is 0 Å². The van der Waals surface area contributed by atoms with Crippen LogP contribution in [0.4, 0.5) is 0 Å². The fourth-order valence-corrected chi connectivity index (χ4v) is 3.60. The summed E-state index contributed by atoms with van der Waals surface area (Å²) in [5.41, 5.74) is 7.89. The monoisotopic (exact) mass is 340 g/mol. The van der Waals surface area contributed by atoms with E-state index >= 15 is 0 Å². The first-order valence-electron chi connectivity index (χ1n) is 8.45. The van der Waals surface area contributed by atoms with Gasteiger partial charge in [0.1, 0.15) is 0 Å². The highest BCUT2D eigenvalue weighted by Crippen LogP contribution is 2.48. The molecule has 1 fully saturated rings. The number of carbonyl (C=O) groups is 2. The fraction of sp³-hybridized carbons (Fsp3) is 0.421. The number of aromatic nitrogens is 2. The van der Waals surface area contributed by atoms with E-state index in [9.17, 15) is 9.59 Å². The van der Waals surface area contributed by atoms with Gasteiger partial charge in [-0.05, 0) is 24.1 Å². The van der Waals surface area contributed by atoms with Crippen molar-refractivity contribution in [3.05, 3.63) is 53.3 Å². The summed E-state index contributed by atoms with van der Waals surface area (Å²) >= 11 is 0. The fourth-order valence-electron chi connectivity index (χ4n) is 3.60. The van der Waals surface area contributed by atoms with Crippen molar-refractivity contribution in [1.29, 1.82) is 0 Å². The zero-order valence-electron chi connectivity index (χ0n) is 14.9. The van der Waals surface area contributed by atoms with Crippen molar-refractivity contribution in [1.82, 2.24) is 14.7 Å². The largest absolute Gasteiger partial charge is 0.366 e. The molecule has 2 N–H and O–H groups in total. The van der Waals surface area contributed by atoms with E-state index in [2.05, 4.69) is 18.9 Å². The van der Waals surface area contributed by atoms with Crippen LogP contribution in [-0.2, 0) is 18.3 Å². The number of benzene rings is 1. The predicted molar refractivity (Wildman–Crippen MR) is 94.7 cm³/mol. The third-order valence-corrected chi connectivity index (χ3v) is 4.86. The number of amides is 2. The second kappa shape index (κ2) is 6.35. The highest BCUT2D eigenvalue weighted by molar-refractivity contribution is 5.92. The number of carbonyl (C=O) groups excluding carboxylic acids is 2. The number of aryl methyl sites for hydroxylation is 2. The van der Waals surface area contributed by atoms with Crippen LogP contribution in [0.5, 0.6) is 0 Å². The van der Waals surface area contributed by atoms with E-state index in [1.807, 2.05) is 36.5 Å². The van der Waals surface area contributed by atoms with E-state index in [0.717, 1.165) is 17.7 Å². The minimum absolute atomic E-state index is 0.0574. The average Bonchev–Trinajstić information content (AvgIpc) is 2.96. The van der Waals surface area contributed by atoms with E-state index in [4.69, 9.17) is 5.73 Å². The molecule has 1 aromatic carbocycles. The standard InChI is InChI=1S/C19H24N4O2/c1-19(2)12-23(17(19)15-10-21-22(3)11-15)16(24)9-6-13-4-7-14(8-5-13)18(20)25/h4-5,7-8,10-11,17H,6,9,12H2,1-3H3,(H2,20,25)/t17-/m1/s1. The Bertz CT molecular complexity index is 792. The Kier molecular flexibility index (Phi) is 4.37. The molecule has 1 saturated heterocycles. The lowest BCUT2D eigenvalue weighted by Gasteiger charge is -2.54. The van der Waals surface area contributed by atoms with E-state index < -0.39 is 5.91 Å². The van der Waals surface area contributed by atoms with Crippen molar-refractivity contribution in [3.63, 3.8) is 0 Å². The first kappa shape index (κ1) is 17.2. The topological polar surface area (TPSA) is 81.2 Å². The lowest BCUT2D eigenvalue weighted by Crippen LogP contribution is -2.57. The first-order valence-corrected chi connectivity index (χ1v) is 8.45. The number of likely N-dealkylation sites (tertiary alicyclic amines) is 1. The summed E-state index contributed by atoms with van der Waals surface area (Å²) < 4.78 is 1.77. The number of hydrogen-bond donors (Lipinski definition) is 1. The Morgan fingerprint density at radius 3 is 2.48 bits per heavy atom. The molecule has 0 aliphatic carbocycles. The summed E-state index contributed by atoms with van der Waals surface area (Å²) in [4.78, 5) is 25.7. The lowest BCUT2D eigenvalue weighted by molar-refractivity contribution is -0.152. The van der Waals surface area contributed by atoms with E-state index in [-0.39, 0.29) is 17.4 Å². The number of nitrogens with zero attached hydrogens (tertiary/aromatic N) is 3. The van der Waals surface area contributed by atoms with Gasteiger partial charge in [0.15, 0.2) is 0 Å². The number of rotatable bonds is 5. The van der Waals surface area contributed by atoms with Crippen molar-refractivity contribution >= 4 is 11.8 Å². The molecule has 0 saturated carbocycles. The number of nitrogens with two attached hydrogens (primary N) is 1. The second-order valence-corrected chi connectivity index (χ2v) is 7.42. The smallest absolute Gasteiger partial charge is 0.248 e. The summed E-state index contributed by atoms with van der Waals surface area (Å²) in [6.07, 6.45) is 4.92. The molecule has 1 aliphatic heterocycles. The van der Waals surface area contributed by atoms with E-state index in [1.54, 1.807) is 16.8 Å². The van der Waals surface area contributed by atoms with Crippen LogP contribution in [-0.4, -0.2) is 33.0 Å². The summed E-state index contributed by atoms with van der Waals surface area (Å²) in [6, 6.07) is 7.18. The van der Waals surface area contributed by atoms with Crippen LogP contribution in [0.3, 0.4) is 0 Å². The first-order chi connectivity index (χ1) is 11.8. The summed E-state index contributed by atoms with van der Waals surface area (Å²) in [5, 5.41) is 4.24. The highest BCUT2D eigenvalue weighted by Gasteiger charge is 2.48. The molecule has 3 rings (SSSR count). The summed E-state index contributed by atoms with van der Waals surface area (Å²) in [5.74, 6) is -0.295. The molecule has 1 aliphatic rings. The van der Waals surface area contributed by atoms with Gasteiger partial charge in [-0.2, -0.15) is 5.10 Å². The predicted octanol–water partition coefficient (Wildman–Crippen LogP) is 2.06. The molecule has 2 heterocycles.